The standard InChI is InChI=1S/C8H10N4O3S/c1-2-15-8-11-16(13,14)7-5-10-4-3-6(7)12(8)9/h3-5H,2,9H2,1H3. The van der Waals surface area contributed by atoms with Gasteiger partial charge in [0.25, 0.3) is 10.0 Å². The number of hydrogen-bond acceptors (Lipinski definition) is 6. The van der Waals surface area contributed by atoms with E-state index in [2.05, 4.69) is 9.38 Å². The van der Waals surface area contributed by atoms with Crippen molar-refractivity contribution in [3.8, 4) is 0 Å². The number of pyridine rings is 1. The van der Waals surface area contributed by atoms with Gasteiger partial charge in [0, 0.05) is 12.4 Å². The first-order chi connectivity index (χ1) is 7.56. The highest BCUT2D eigenvalue weighted by Gasteiger charge is 2.30. The Balaban J connectivity index is 2.59. The Morgan fingerprint density at radius 1 is 1.56 bits per heavy atom. The fourth-order valence-electron chi connectivity index (χ4n) is 1.29. The molecule has 2 N–H and O–H groups in total. The minimum absolute atomic E-state index is 0.0269. The summed E-state index contributed by atoms with van der Waals surface area (Å²) in [5, 5.41) is 1.08. The third-order valence-corrected chi connectivity index (χ3v) is 3.24. The normalized spacial score (nSPS) is 17.6. The van der Waals surface area contributed by atoms with Crippen LogP contribution in [0.5, 0.6) is 0 Å². The van der Waals surface area contributed by atoms with E-state index in [4.69, 9.17) is 10.6 Å². The van der Waals surface area contributed by atoms with Crippen LogP contribution in [0.3, 0.4) is 0 Å². The van der Waals surface area contributed by atoms with Gasteiger partial charge in [0.05, 0.1) is 12.3 Å². The van der Waals surface area contributed by atoms with Crippen molar-refractivity contribution in [3.05, 3.63) is 18.5 Å². The summed E-state index contributed by atoms with van der Waals surface area (Å²) in [5.41, 5.74) is 0.299. The lowest BCUT2D eigenvalue weighted by Crippen LogP contribution is -2.42. The number of ether oxygens (including phenoxy) is 1. The van der Waals surface area contributed by atoms with Crippen molar-refractivity contribution in [2.24, 2.45) is 10.2 Å². The number of hydrazine groups is 1. The molecule has 0 saturated carbocycles. The number of aromatic nitrogens is 1. The van der Waals surface area contributed by atoms with E-state index in [1.807, 2.05) is 0 Å². The quantitative estimate of drug-likeness (QED) is 0.688. The average Bonchev–Trinajstić information content (AvgIpc) is 2.26. The molecule has 2 rings (SSSR count). The summed E-state index contributed by atoms with van der Waals surface area (Å²) in [7, 11) is -3.77. The molecule has 0 radical (unpaired) electrons. The van der Waals surface area contributed by atoms with Crippen LogP contribution in [0.4, 0.5) is 5.69 Å². The van der Waals surface area contributed by atoms with Crippen LogP contribution < -0.4 is 10.9 Å². The maximum absolute atomic E-state index is 11.7. The number of nitrogens with two attached hydrogens (primary N) is 1. The number of sulfonamides is 1. The van der Waals surface area contributed by atoms with Gasteiger partial charge in [-0.15, -0.1) is 4.40 Å². The van der Waals surface area contributed by atoms with Crippen LogP contribution in [0.2, 0.25) is 0 Å². The molecule has 0 atom stereocenters. The predicted octanol–water partition coefficient (Wildman–Crippen LogP) is -0.143. The van der Waals surface area contributed by atoms with Gasteiger partial charge in [-0.1, -0.05) is 0 Å². The van der Waals surface area contributed by atoms with Gasteiger partial charge in [-0.05, 0) is 13.0 Å². The van der Waals surface area contributed by atoms with Gasteiger partial charge in [-0.2, -0.15) is 8.42 Å². The summed E-state index contributed by atoms with van der Waals surface area (Å²) in [6.07, 6.45) is 2.65. The van der Waals surface area contributed by atoms with Gasteiger partial charge in [0.2, 0.25) is 0 Å². The Labute approximate surface area is 92.6 Å². The highest BCUT2D eigenvalue weighted by Crippen LogP contribution is 2.28. The van der Waals surface area contributed by atoms with Crippen LogP contribution in [0, 0.1) is 0 Å². The number of nitrogens with zero attached hydrogens (tertiary/aromatic N) is 3. The van der Waals surface area contributed by atoms with Crippen molar-refractivity contribution in [3.63, 3.8) is 0 Å². The van der Waals surface area contributed by atoms with Crippen molar-refractivity contribution < 1.29 is 13.2 Å². The molecule has 0 spiro atoms. The molecule has 0 fully saturated rings. The van der Waals surface area contributed by atoms with E-state index in [1.165, 1.54) is 18.5 Å². The molecule has 0 aromatic carbocycles. The monoisotopic (exact) mass is 242 g/mol. The number of anilines is 1. The fraction of sp³-hybridized carbons (Fsp3) is 0.250. The topological polar surface area (TPSA) is 97.9 Å². The Kier molecular flexibility index (Phi) is 2.52. The first-order valence-corrected chi connectivity index (χ1v) is 5.97. The molecular weight excluding hydrogens is 232 g/mol. The summed E-state index contributed by atoms with van der Waals surface area (Å²) in [5.74, 6) is 5.68. The van der Waals surface area contributed by atoms with Crippen molar-refractivity contribution in [1.29, 1.82) is 0 Å². The van der Waals surface area contributed by atoms with E-state index in [1.54, 1.807) is 6.92 Å². The van der Waals surface area contributed by atoms with E-state index in [9.17, 15) is 8.42 Å². The van der Waals surface area contributed by atoms with Gasteiger partial charge in [0.15, 0.2) is 0 Å². The van der Waals surface area contributed by atoms with E-state index >= 15 is 0 Å². The largest absolute Gasteiger partial charge is 0.464 e. The second-order valence-electron chi connectivity index (χ2n) is 3.00. The molecular formula is C8H10N4O3S. The average molecular weight is 242 g/mol. The minimum Gasteiger partial charge on any atom is -0.464 e. The molecule has 1 aliphatic heterocycles. The number of hydrogen-bond donors (Lipinski definition) is 1. The van der Waals surface area contributed by atoms with E-state index in [-0.39, 0.29) is 17.5 Å². The fourth-order valence-corrected chi connectivity index (χ4v) is 2.36. The molecule has 1 aromatic heterocycles. The molecule has 0 saturated heterocycles. The van der Waals surface area contributed by atoms with Crippen LogP contribution >= 0.6 is 0 Å². The molecule has 8 heteroatoms. The molecule has 1 aromatic rings. The zero-order chi connectivity index (χ0) is 11.8. The van der Waals surface area contributed by atoms with Gasteiger partial charge < -0.3 is 4.74 Å². The van der Waals surface area contributed by atoms with Gasteiger partial charge in [-0.3, -0.25) is 4.98 Å². The maximum Gasteiger partial charge on any atom is 0.323 e. The van der Waals surface area contributed by atoms with E-state index in [0.29, 0.717) is 5.69 Å². The van der Waals surface area contributed by atoms with Crippen LogP contribution in [0.1, 0.15) is 6.92 Å². The molecule has 0 unspecified atom stereocenters. The summed E-state index contributed by atoms with van der Waals surface area (Å²) >= 11 is 0. The summed E-state index contributed by atoms with van der Waals surface area (Å²) in [6, 6.07) is 1.35. The van der Waals surface area contributed by atoms with Crippen molar-refractivity contribution in [2.45, 2.75) is 11.8 Å². The molecule has 0 amide bonds. The lowest BCUT2D eigenvalue weighted by Gasteiger charge is -2.24. The molecule has 0 aliphatic carbocycles. The lowest BCUT2D eigenvalue weighted by atomic mass is 10.4. The maximum atomic E-state index is 11.7. The molecule has 0 bridgehead atoms. The van der Waals surface area contributed by atoms with Crippen molar-refractivity contribution in [2.75, 3.05) is 11.6 Å². The van der Waals surface area contributed by atoms with Crippen LogP contribution in [-0.4, -0.2) is 26.0 Å². The number of rotatable bonds is 1. The Hall–Kier alpha value is -1.67. The highest BCUT2D eigenvalue weighted by atomic mass is 32.2. The van der Waals surface area contributed by atoms with E-state index < -0.39 is 10.0 Å². The molecule has 86 valence electrons. The van der Waals surface area contributed by atoms with Gasteiger partial charge in [0.1, 0.15) is 4.90 Å². The zero-order valence-electron chi connectivity index (χ0n) is 8.49. The molecule has 2 heterocycles. The summed E-state index contributed by atoms with van der Waals surface area (Å²) < 4.78 is 31.9. The van der Waals surface area contributed by atoms with Crippen molar-refractivity contribution in [1.82, 2.24) is 4.98 Å². The SMILES string of the molecule is CCOC1=NS(=O)(=O)c2cnccc2N1N. The van der Waals surface area contributed by atoms with Gasteiger partial charge in [-0.25, -0.2) is 10.9 Å². The third-order valence-electron chi connectivity index (χ3n) is 1.98. The van der Waals surface area contributed by atoms with Crippen molar-refractivity contribution >= 4 is 21.7 Å². The second kappa shape index (κ2) is 3.72. The van der Waals surface area contributed by atoms with Crippen LogP contribution in [-0.2, 0) is 14.8 Å². The third kappa shape index (κ3) is 1.61. The second-order valence-corrected chi connectivity index (χ2v) is 4.57. The molecule has 1 aliphatic rings. The van der Waals surface area contributed by atoms with Crippen LogP contribution in [0.15, 0.2) is 27.8 Å². The summed E-state index contributed by atoms with van der Waals surface area (Å²) in [6.45, 7) is 1.99. The molecule has 7 nitrogen and oxygen atoms in total. The van der Waals surface area contributed by atoms with E-state index in [0.717, 1.165) is 5.01 Å². The predicted molar refractivity (Wildman–Crippen MR) is 57.2 cm³/mol. The summed E-state index contributed by atoms with van der Waals surface area (Å²) in [4.78, 5) is 3.70. The Morgan fingerprint density at radius 3 is 3.00 bits per heavy atom. The smallest absolute Gasteiger partial charge is 0.323 e. The number of amidine groups is 1. The first kappa shape index (κ1) is 10.8. The highest BCUT2D eigenvalue weighted by molar-refractivity contribution is 7.90. The molecule has 16 heavy (non-hydrogen) atoms. The van der Waals surface area contributed by atoms with Gasteiger partial charge >= 0.3 is 6.02 Å². The minimum atomic E-state index is -3.77. The van der Waals surface area contributed by atoms with Crippen LogP contribution in [0.25, 0.3) is 0 Å². The lowest BCUT2D eigenvalue weighted by molar-refractivity contribution is 0.318. The Morgan fingerprint density at radius 2 is 2.31 bits per heavy atom. The number of fused-ring (bicyclic) bond motifs is 1. The Bertz CT molecular complexity index is 540. The zero-order valence-corrected chi connectivity index (χ0v) is 9.31. The first-order valence-electron chi connectivity index (χ1n) is 4.53.